The number of morpholine rings is 1. The van der Waals surface area contributed by atoms with Gasteiger partial charge in [-0.05, 0) is 13.0 Å². The van der Waals surface area contributed by atoms with Gasteiger partial charge in [0.05, 0.1) is 38.6 Å². The molecule has 1 N–H and O–H groups in total. The first-order valence-corrected chi connectivity index (χ1v) is 8.04. The van der Waals surface area contributed by atoms with Crippen LogP contribution in [-0.4, -0.2) is 73.4 Å². The molecular formula is C16H24N4O3. The summed E-state index contributed by atoms with van der Waals surface area (Å²) >= 11 is 0. The zero-order valence-electron chi connectivity index (χ0n) is 13.7. The number of piperazine rings is 1. The Labute approximate surface area is 136 Å². The summed E-state index contributed by atoms with van der Waals surface area (Å²) in [7, 11) is 1.61. The van der Waals surface area contributed by atoms with E-state index in [4.69, 9.17) is 9.47 Å². The lowest BCUT2D eigenvalue weighted by Crippen LogP contribution is -2.60. The number of rotatable bonds is 3. The second-order valence-corrected chi connectivity index (χ2v) is 6.00. The summed E-state index contributed by atoms with van der Waals surface area (Å²) in [6, 6.07) is 2.01. The third-order valence-corrected chi connectivity index (χ3v) is 4.57. The van der Waals surface area contributed by atoms with Gasteiger partial charge in [0.2, 0.25) is 0 Å². The fourth-order valence-electron chi connectivity index (χ4n) is 3.20. The van der Waals surface area contributed by atoms with E-state index in [1.165, 1.54) is 0 Å². The highest BCUT2D eigenvalue weighted by molar-refractivity contribution is 5.75. The monoisotopic (exact) mass is 320 g/mol. The van der Waals surface area contributed by atoms with Gasteiger partial charge in [-0.2, -0.15) is 0 Å². The van der Waals surface area contributed by atoms with E-state index in [1.807, 2.05) is 17.9 Å². The molecule has 0 radical (unpaired) electrons. The summed E-state index contributed by atoms with van der Waals surface area (Å²) in [6.07, 6.45) is 3.37. The Morgan fingerprint density at radius 1 is 1.48 bits per heavy atom. The standard InChI is InChI=1S/C16H24N4O3/c1-12(14-3-4-17-9-15(14)22-2)18-16(21)20-6-5-19-7-8-23-11-13(19)10-20/h3-4,9,12-13H,5-8,10-11H2,1-2H3,(H,18,21). The van der Waals surface area contributed by atoms with Crippen molar-refractivity contribution >= 4 is 6.03 Å². The average Bonchev–Trinajstić information content (AvgIpc) is 2.61. The lowest BCUT2D eigenvalue weighted by atomic mass is 10.1. The van der Waals surface area contributed by atoms with Crippen LogP contribution >= 0.6 is 0 Å². The molecule has 2 aliphatic heterocycles. The van der Waals surface area contributed by atoms with Crippen molar-refractivity contribution in [3.8, 4) is 5.75 Å². The first kappa shape index (κ1) is 16.0. The van der Waals surface area contributed by atoms with E-state index in [9.17, 15) is 4.79 Å². The highest BCUT2D eigenvalue weighted by Crippen LogP contribution is 2.23. The minimum Gasteiger partial charge on any atom is -0.495 e. The lowest BCUT2D eigenvalue weighted by molar-refractivity contribution is -0.0366. The number of hydrogen-bond donors (Lipinski definition) is 1. The number of ether oxygens (including phenoxy) is 2. The minimum absolute atomic E-state index is 0.0402. The van der Waals surface area contributed by atoms with Crippen LogP contribution in [0.1, 0.15) is 18.5 Å². The summed E-state index contributed by atoms with van der Waals surface area (Å²) in [4.78, 5) is 20.9. The third-order valence-electron chi connectivity index (χ3n) is 4.57. The first-order valence-electron chi connectivity index (χ1n) is 8.04. The van der Waals surface area contributed by atoms with E-state index < -0.39 is 0 Å². The molecule has 7 heteroatoms. The third kappa shape index (κ3) is 3.56. The molecule has 0 aliphatic carbocycles. The molecule has 126 valence electrons. The van der Waals surface area contributed by atoms with E-state index >= 15 is 0 Å². The highest BCUT2D eigenvalue weighted by atomic mass is 16.5. The predicted octanol–water partition coefficient (Wildman–Crippen LogP) is 0.877. The fraction of sp³-hybridized carbons (Fsp3) is 0.625. The molecule has 1 aromatic rings. The van der Waals surface area contributed by atoms with Gasteiger partial charge in [-0.3, -0.25) is 9.88 Å². The summed E-state index contributed by atoms with van der Waals surface area (Å²) in [5.74, 6) is 0.686. The fourth-order valence-corrected chi connectivity index (χ4v) is 3.20. The van der Waals surface area contributed by atoms with Crippen LogP contribution in [0.4, 0.5) is 4.79 Å². The second-order valence-electron chi connectivity index (χ2n) is 6.00. The molecule has 2 amide bonds. The maximum Gasteiger partial charge on any atom is 0.317 e. The first-order chi connectivity index (χ1) is 11.2. The van der Waals surface area contributed by atoms with Crippen molar-refractivity contribution in [3.63, 3.8) is 0 Å². The second kappa shape index (κ2) is 7.14. The largest absolute Gasteiger partial charge is 0.495 e. The van der Waals surface area contributed by atoms with Gasteiger partial charge in [-0.15, -0.1) is 0 Å². The summed E-state index contributed by atoms with van der Waals surface area (Å²) in [5, 5.41) is 3.06. The Morgan fingerprint density at radius 3 is 3.17 bits per heavy atom. The number of urea groups is 1. The van der Waals surface area contributed by atoms with Crippen LogP contribution < -0.4 is 10.1 Å². The molecule has 1 aromatic heterocycles. The van der Waals surface area contributed by atoms with Gasteiger partial charge in [0.1, 0.15) is 5.75 Å². The molecular weight excluding hydrogens is 296 g/mol. The number of nitrogens with one attached hydrogen (secondary N) is 1. The lowest BCUT2D eigenvalue weighted by Gasteiger charge is -2.43. The van der Waals surface area contributed by atoms with E-state index in [-0.39, 0.29) is 12.1 Å². The number of carbonyl (C=O) groups is 1. The number of aromatic nitrogens is 1. The molecule has 2 aliphatic rings. The molecule has 2 unspecified atom stereocenters. The molecule has 2 fully saturated rings. The molecule has 0 aromatic carbocycles. The van der Waals surface area contributed by atoms with Gasteiger partial charge >= 0.3 is 6.03 Å². The number of amides is 2. The van der Waals surface area contributed by atoms with Crippen molar-refractivity contribution in [3.05, 3.63) is 24.0 Å². The summed E-state index contributed by atoms with van der Waals surface area (Å²) in [6.45, 7) is 6.79. The topological polar surface area (TPSA) is 66.9 Å². The number of nitrogens with zero attached hydrogens (tertiary/aromatic N) is 3. The minimum atomic E-state index is -0.138. The number of hydrogen-bond acceptors (Lipinski definition) is 5. The van der Waals surface area contributed by atoms with Crippen molar-refractivity contribution in [1.82, 2.24) is 20.1 Å². The van der Waals surface area contributed by atoms with Gasteiger partial charge in [0.15, 0.2) is 0 Å². The van der Waals surface area contributed by atoms with Crippen LogP contribution in [0.15, 0.2) is 18.5 Å². The predicted molar refractivity (Wildman–Crippen MR) is 85.5 cm³/mol. The molecule has 23 heavy (non-hydrogen) atoms. The Morgan fingerprint density at radius 2 is 2.35 bits per heavy atom. The van der Waals surface area contributed by atoms with Crippen LogP contribution in [0.5, 0.6) is 5.75 Å². The number of methoxy groups -OCH3 is 1. The van der Waals surface area contributed by atoms with E-state index in [0.29, 0.717) is 24.9 Å². The zero-order valence-corrected chi connectivity index (χ0v) is 13.7. The molecule has 0 saturated carbocycles. The van der Waals surface area contributed by atoms with Crippen LogP contribution in [0, 0.1) is 0 Å². The van der Waals surface area contributed by atoms with Gasteiger partial charge in [0.25, 0.3) is 0 Å². The van der Waals surface area contributed by atoms with Crippen molar-refractivity contribution in [1.29, 1.82) is 0 Å². The maximum atomic E-state index is 12.6. The van der Waals surface area contributed by atoms with Crippen molar-refractivity contribution in [2.75, 3.05) is 46.5 Å². The van der Waals surface area contributed by atoms with Gasteiger partial charge in [0, 0.05) is 37.9 Å². The molecule has 2 atom stereocenters. The van der Waals surface area contributed by atoms with E-state index in [0.717, 1.165) is 31.8 Å². The zero-order chi connectivity index (χ0) is 16.2. The van der Waals surface area contributed by atoms with Crippen molar-refractivity contribution in [2.45, 2.75) is 19.0 Å². The van der Waals surface area contributed by atoms with Crippen LogP contribution in [0.25, 0.3) is 0 Å². The van der Waals surface area contributed by atoms with Gasteiger partial charge in [-0.25, -0.2) is 4.79 Å². The number of pyridine rings is 1. The Kier molecular flexibility index (Phi) is 4.97. The quantitative estimate of drug-likeness (QED) is 0.895. The van der Waals surface area contributed by atoms with E-state index in [2.05, 4.69) is 15.2 Å². The normalized spacial score (nSPS) is 23.0. The average molecular weight is 320 g/mol. The molecule has 7 nitrogen and oxygen atoms in total. The van der Waals surface area contributed by atoms with Crippen LogP contribution in [0.3, 0.4) is 0 Å². The van der Waals surface area contributed by atoms with E-state index in [1.54, 1.807) is 19.5 Å². The van der Waals surface area contributed by atoms with Gasteiger partial charge in [-0.1, -0.05) is 0 Å². The van der Waals surface area contributed by atoms with Crippen LogP contribution in [-0.2, 0) is 4.74 Å². The molecule has 0 bridgehead atoms. The SMILES string of the molecule is COc1cnccc1C(C)NC(=O)N1CCN2CCOCC2C1. The van der Waals surface area contributed by atoms with Crippen molar-refractivity contribution < 1.29 is 14.3 Å². The summed E-state index contributed by atoms with van der Waals surface area (Å²) < 4.78 is 10.8. The Hall–Kier alpha value is -1.86. The highest BCUT2D eigenvalue weighted by Gasteiger charge is 2.32. The molecule has 3 heterocycles. The summed E-state index contributed by atoms with van der Waals surface area (Å²) in [5.41, 5.74) is 0.926. The Bertz CT molecular complexity index is 554. The van der Waals surface area contributed by atoms with Crippen molar-refractivity contribution in [2.24, 2.45) is 0 Å². The maximum absolute atomic E-state index is 12.6. The molecule has 3 rings (SSSR count). The molecule has 2 saturated heterocycles. The Balaban J connectivity index is 1.60. The smallest absolute Gasteiger partial charge is 0.317 e. The number of carbonyl (C=O) groups excluding carboxylic acids is 1. The van der Waals surface area contributed by atoms with Gasteiger partial charge < -0.3 is 19.7 Å². The number of fused-ring (bicyclic) bond motifs is 1. The van der Waals surface area contributed by atoms with Crippen LogP contribution in [0.2, 0.25) is 0 Å². The molecule has 0 spiro atoms.